The Morgan fingerprint density at radius 2 is 1.18 bits per heavy atom. The molecule has 4 saturated carbocycles. The molecule has 1 heteroatoms. The van der Waals surface area contributed by atoms with Crippen LogP contribution in [0.2, 0.25) is 0 Å². The Hall–Kier alpha value is -4.10. The van der Waals surface area contributed by atoms with Crippen LogP contribution in [0.1, 0.15) is 88.5 Å². The van der Waals surface area contributed by atoms with Crippen molar-refractivity contribution < 1.29 is 0 Å². The zero-order chi connectivity index (χ0) is 32.9. The third kappa shape index (κ3) is 3.43. The second-order valence-electron chi connectivity index (χ2n) is 18.1. The molecule has 11 rings (SSSR count). The number of fused-ring (bicyclic) bond motifs is 9. The van der Waals surface area contributed by atoms with Crippen molar-refractivity contribution in [3.8, 4) is 22.3 Å². The lowest BCUT2D eigenvalue weighted by Gasteiger charge is -2.76. The van der Waals surface area contributed by atoms with Crippen molar-refractivity contribution in [2.45, 2.75) is 82.5 Å². The molecule has 4 fully saturated rings. The van der Waals surface area contributed by atoms with Crippen LogP contribution in [0.3, 0.4) is 0 Å². The minimum absolute atomic E-state index is 0.114. The Morgan fingerprint density at radius 1 is 0.531 bits per heavy atom. The Balaban J connectivity index is 1.13. The maximum Gasteiger partial charge on any atom is 0.0465 e. The van der Waals surface area contributed by atoms with Crippen LogP contribution in [0.5, 0.6) is 0 Å². The lowest BCUT2D eigenvalue weighted by Crippen LogP contribution is -2.73. The van der Waals surface area contributed by atoms with Gasteiger partial charge < -0.3 is 4.90 Å². The van der Waals surface area contributed by atoms with Crippen LogP contribution in [-0.4, -0.2) is 0 Å². The van der Waals surface area contributed by atoms with Crippen molar-refractivity contribution in [2.24, 2.45) is 29.1 Å². The SMILES string of the molecule is CC1(C)CCC(C)(C)c2cc(N(c3ccccc3)c3ccc4c(c3)C3(c5c(-c6ccccc6)cccc5-4)C4CC5CC6CC3C64C5)ccc21. The van der Waals surface area contributed by atoms with Crippen molar-refractivity contribution in [2.75, 3.05) is 4.90 Å². The highest BCUT2D eigenvalue weighted by Gasteiger charge is 2.84. The predicted octanol–water partition coefficient (Wildman–Crippen LogP) is 12.5. The highest BCUT2D eigenvalue weighted by atomic mass is 15.1. The van der Waals surface area contributed by atoms with E-state index in [-0.39, 0.29) is 16.2 Å². The van der Waals surface area contributed by atoms with E-state index in [1.165, 1.54) is 89.0 Å². The van der Waals surface area contributed by atoms with Gasteiger partial charge in [0.25, 0.3) is 0 Å². The van der Waals surface area contributed by atoms with Crippen molar-refractivity contribution in [3.05, 3.63) is 138 Å². The highest BCUT2D eigenvalue weighted by molar-refractivity contribution is 5.92. The molecule has 0 aliphatic heterocycles. The van der Waals surface area contributed by atoms with Gasteiger partial charge in [0.1, 0.15) is 0 Å². The minimum Gasteiger partial charge on any atom is -0.310 e. The monoisotopic (exact) mass is 637 g/mol. The Labute approximate surface area is 292 Å². The van der Waals surface area contributed by atoms with Gasteiger partial charge in [-0.2, -0.15) is 0 Å². The molecule has 49 heavy (non-hydrogen) atoms. The third-order valence-corrected chi connectivity index (χ3v) is 15.2. The normalized spacial score (nSPS) is 31.3. The molecule has 2 spiro atoms. The number of nitrogens with zero attached hydrogens (tertiary/aromatic N) is 1. The standard InChI is InChI=1S/C48H47N/c1-45(2)22-23-46(3,4)41-28-35(19-21-39(41)45)49(33-14-9-6-10-15-33)34-18-20-37-38-17-11-16-36(31-12-7-5-8-13-31)44(38)48(40(37)27-34)42-25-30-24-32-26-43(48)47(32,42)29-30/h5-21,27-28,30,32,42-43H,22-26,29H2,1-4H3. The average molecular weight is 638 g/mol. The summed E-state index contributed by atoms with van der Waals surface area (Å²) in [5, 5.41) is 0. The van der Waals surface area contributed by atoms with Crippen LogP contribution < -0.4 is 4.90 Å². The summed E-state index contributed by atoms with van der Waals surface area (Å²) in [5.74, 6) is 3.43. The molecule has 5 aromatic carbocycles. The Morgan fingerprint density at radius 3 is 1.94 bits per heavy atom. The largest absolute Gasteiger partial charge is 0.310 e. The molecule has 2 bridgehead atoms. The lowest BCUT2D eigenvalue weighted by atomic mass is 9.26. The molecule has 6 aliphatic carbocycles. The van der Waals surface area contributed by atoms with Crippen LogP contribution in [-0.2, 0) is 16.2 Å². The van der Waals surface area contributed by atoms with Crippen LogP contribution >= 0.6 is 0 Å². The number of benzene rings is 5. The van der Waals surface area contributed by atoms with Crippen molar-refractivity contribution in [1.29, 1.82) is 0 Å². The number of anilines is 3. The minimum atomic E-state index is 0.114. The van der Waals surface area contributed by atoms with Gasteiger partial charge in [-0.15, -0.1) is 0 Å². The van der Waals surface area contributed by atoms with Crippen molar-refractivity contribution >= 4 is 17.1 Å². The molecule has 0 saturated heterocycles. The third-order valence-electron chi connectivity index (χ3n) is 15.2. The maximum absolute atomic E-state index is 2.66. The molecule has 244 valence electrons. The second-order valence-corrected chi connectivity index (χ2v) is 18.1. The molecular formula is C48H47N. The molecule has 0 radical (unpaired) electrons. The van der Waals surface area contributed by atoms with E-state index in [0.717, 1.165) is 23.7 Å². The summed E-state index contributed by atoms with van der Waals surface area (Å²) in [6.07, 6.45) is 8.27. The smallest absolute Gasteiger partial charge is 0.0465 e. The summed E-state index contributed by atoms with van der Waals surface area (Å²) in [6.45, 7) is 9.77. The first-order chi connectivity index (χ1) is 23.7. The van der Waals surface area contributed by atoms with Gasteiger partial charge in [-0.3, -0.25) is 0 Å². The topological polar surface area (TPSA) is 3.24 Å². The molecular weight excluding hydrogens is 591 g/mol. The van der Waals surface area contributed by atoms with E-state index in [1.807, 2.05) is 0 Å². The van der Waals surface area contributed by atoms with Crippen LogP contribution in [0.4, 0.5) is 17.1 Å². The molecule has 6 aliphatic rings. The van der Waals surface area contributed by atoms with E-state index in [2.05, 4.69) is 148 Å². The first-order valence-electron chi connectivity index (χ1n) is 19.1. The van der Waals surface area contributed by atoms with E-state index in [4.69, 9.17) is 0 Å². The summed E-state index contributed by atoms with van der Waals surface area (Å²) < 4.78 is 0. The zero-order valence-corrected chi connectivity index (χ0v) is 29.5. The predicted molar refractivity (Wildman–Crippen MR) is 203 cm³/mol. The number of hydrogen-bond donors (Lipinski definition) is 0. The van der Waals surface area contributed by atoms with Crippen molar-refractivity contribution in [3.63, 3.8) is 0 Å². The van der Waals surface area contributed by atoms with Crippen LogP contribution in [0.25, 0.3) is 22.3 Å². The molecule has 0 heterocycles. The quantitative estimate of drug-likeness (QED) is 0.189. The molecule has 6 unspecified atom stereocenters. The molecule has 0 amide bonds. The van der Waals surface area contributed by atoms with Gasteiger partial charge in [0.05, 0.1) is 0 Å². The average Bonchev–Trinajstić information content (AvgIpc) is 3.75. The van der Waals surface area contributed by atoms with Crippen molar-refractivity contribution in [1.82, 2.24) is 0 Å². The Bertz CT molecular complexity index is 2170. The summed E-state index contributed by atoms with van der Waals surface area (Å²) in [5.41, 5.74) is 17.0. The number of para-hydroxylation sites is 1. The number of hydrogen-bond acceptors (Lipinski definition) is 1. The first-order valence-corrected chi connectivity index (χ1v) is 19.1. The van der Waals surface area contributed by atoms with E-state index in [1.54, 1.807) is 11.1 Å². The fourth-order valence-electron chi connectivity index (χ4n) is 13.2. The van der Waals surface area contributed by atoms with E-state index < -0.39 is 0 Å². The summed E-state index contributed by atoms with van der Waals surface area (Å²) in [4.78, 5) is 2.56. The second kappa shape index (κ2) is 9.36. The van der Waals surface area contributed by atoms with Gasteiger partial charge in [-0.1, -0.05) is 107 Å². The molecule has 5 aromatic rings. The fourth-order valence-corrected chi connectivity index (χ4v) is 13.2. The fraction of sp³-hybridized carbons (Fsp3) is 0.375. The van der Waals surface area contributed by atoms with Gasteiger partial charge in [-0.25, -0.2) is 0 Å². The Kier molecular flexibility index (Phi) is 5.49. The number of rotatable bonds is 4. The van der Waals surface area contributed by atoms with Crippen LogP contribution in [0.15, 0.2) is 115 Å². The summed E-state index contributed by atoms with van der Waals surface area (Å²) >= 11 is 0. The molecule has 6 atom stereocenters. The molecule has 1 nitrogen and oxygen atoms in total. The van der Waals surface area contributed by atoms with Crippen LogP contribution in [0, 0.1) is 29.1 Å². The van der Waals surface area contributed by atoms with Gasteiger partial charge in [0.15, 0.2) is 0 Å². The highest BCUT2D eigenvalue weighted by Crippen LogP contribution is 2.90. The van der Waals surface area contributed by atoms with Gasteiger partial charge in [0.2, 0.25) is 0 Å². The molecule has 0 N–H and O–H groups in total. The van der Waals surface area contributed by atoms with E-state index in [9.17, 15) is 0 Å². The van der Waals surface area contributed by atoms with Gasteiger partial charge in [-0.05, 0) is 159 Å². The summed E-state index contributed by atoms with van der Waals surface area (Å²) in [6, 6.07) is 44.6. The molecule has 0 aromatic heterocycles. The zero-order valence-electron chi connectivity index (χ0n) is 29.5. The van der Waals surface area contributed by atoms with Gasteiger partial charge in [0, 0.05) is 22.5 Å². The van der Waals surface area contributed by atoms with Gasteiger partial charge >= 0.3 is 0 Å². The maximum atomic E-state index is 2.66. The van der Waals surface area contributed by atoms with E-state index >= 15 is 0 Å². The van der Waals surface area contributed by atoms with E-state index in [0.29, 0.717) is 5.41 Å². The first kappa shape index (κ1) is 28.7. The lowest BCUT2D eigenvalue weighted by molar-refractivity contribution is -0.231. The summed E-state index contributed by atoms with van der Waals surface area (Å²) in [7, 11) is 0.